The second-order valence-corrected chi connectivity index (χ2v) is 16.2. The largest absolute Gasteiger partial charge is 0.251 e. The van der Waals surface area contributed by atoms with Gasteiger partial charge in [-0.15, -0.1) is 0 Å². The maximum atomic E-state index is 3.04. The molecule has 0 saturated carbocycles. The summed E-state index contributed by atoms with van der Waals surface area (Å²) in [6.45, 7) is 12.6. The molecule has 3 heteroatoms. The summed E-state index contributed by atoms with van der Waals surface area (Å²) in [5.41, 5.74) is 9.85. The standard InChI is InChI=1S/C36H43NP2/c1-6-7-20-37(38(33-14-10-8-11-15-33)34-16-12-9-13-17-34)39-35(31-23-27(2)21-28(3)24-31)18-19-36(39)32-25-29(4)22-30(5)26-32/h8-17,21-26,35-36H,6-7,18-20H2,1-5H3. The molecule has 0 aromatic heterocycles. The Balaban J connectivity index is 1.70. The van der Waals surface area contributed by atoms with Crippen molar-refractivity contribution < 1.29 is 0 Å². The number of hydrogen-bond acceptors (Lipinski definition) is 1. The first kappa shape index (κ1) is 28.2. The molecule has 1 heterocycles. The molecule has 202 valence electrons. The van der Waals surface area contributed by atoms with Crippen LogP contribution in [0.1, 0.15) is 77.3 Å². The first-order valence-corrected chi connectivity index (χ1v) is 17.3. The first-order valence-electron chi connectivity index (χ1n) is 14.6. The van der Waals surface area contributed by atoms with E-state index in [2.05, 4.69) is 136 Å². The van der Waals surface area contributed by atoms with Crippen LogP contribution in [0.25, 0.3) is 0 Å². The Morgan fingerprint density at radius 3 is 1.44 bits per heavy atom. The number of hydrogen-bond donors (Lipinski definition) is 0. The third-order valence-corrected chi connectivity index (χ3v) is 14.3. The fraction of sp³-hybridized carbons (Fsp3) is 0.333. The van der Waals surface area contributed by atoms with E-state index >= 15 is 0 Å². The van der Waals surface area contributed by atoms with Gasteiger partial charge in [0.05, 0.1) is 0 Å². The minimum atomic E-state index is -0.639. The third kappa shape index (κ3) is 6.55. The fourth-order valence-corrected chi connectivity index (χ4v) is 13.8. The lowest BCUT2D eigenvalue weighted by Gasteiger charge is -2.42. The third-order valence-electron chi connectivity index (χ3n) is 7.82. The summed E-state index contributed by atoms with van der Waals surface area (Å²) in [5, 5.41) is 2.95. The van der Waals surface area contributed by atoms with E-state index in [-0.39, 0.29) is 0 Å². The van der Waals surface area contributed by atoms with Crippen molar-refractivity contribution in [1.29, 1.82) is 0 Å². The van der Waals surface area contributed by atoms with Gasteiger partial charge in [-0.3, -0.25) is 4.44 Å². The highest BCUT2D eigenvalue weighted by Gasteiger charge is 2.44. The van der Waals surface area contributed by atoms with E-state index < -0.39 is 16.1 Å². The van der Waals surface area contributed by atoms with Crippen molar-refractivity contribution in [2.45, 2.75) is 71.6 Å². The zero-order valence-electron chi connectivity index (χ0n) is 24.3. The number of unbranched alkanes of at least 4 members (excludes halogenated alkanes) is 1. The van der Waals surface area contributed by atoms with Gasteiger partial charge in [0.15, 0.2) is 0 Å². The highest BCUT2D eigenvalue weighted by molar-refractivity contribution is 7.79. The Hall–Kier alpha value is -2.30. The molecule has 0 aliphatic carbocycles. The van der Waals surface area contributed by atoms with E-state index in [1.165, 1.54) is 58.5 Å². The molecule has 0 amide bonds. The van der Waals surface area contributed by atoms with Gasteiger partial charge in [-0.1, -0.05) is 133 Å². The summed E-state index contributed by atoms with van der Waals surface area (Å²) in [6, 6.07) is 37.4. The molecule has 0 bridgehead atoms. The average molecular weight is 552 g/mol. The average Bonchev–Trinajstić information content (AvgIpc) is 3.36. The van der Waals surface area contributed by atoms with Crippen LogP contribution < -0.4 is 10.6 Å². The van der Waals surface area contributed by atoms with Gasteiger partial charge in [-0.05, 0) is 76.8 Å². The molecule has 39 heavy (non-hydrogen) atoms. The van der Waals surface area contributed by atoms with Crippen molar-refractivity contribution in [3.05, 3.63) is 130 Å². The predicted molar refractivity (Wildman–Crippen MR) is 174 cm³/mol. The van der Waals surface area contributed by atoms with E-state index in [1.807, 2.05) is 0 Å². The molecule has 4 aromatic carbocycles. The lowest BCUT2D eigenvalue weighted by atomic mass is 9.99. The SMILES string of the molecule is CCCCN(P(c1ccccc1)c1ccccc1)P1C(c2cc(C)cc(C)c2)CCC1c1cc(C)cc(C)c1. The second kappa shape index (κ2) is 12.9. The predicted octanol–water partition coefficient (Wildman–Crippen LogP) is 10.0. The number of nitrogens with zero attached hydrogens (tertiary/aromatic N) is 1. The molecule has 2 unspecified atom stereocenters. The van der Waals surface area contributed by atoms with Crippen LogP contribution in [0.3, 0.4) is 0 Å². The van der Waals surface area contributed by atoms with Gasteiger partial charge in [0, 0.05) is 25.9 Å². The Labute approximate surface area is 239 Å². The van der Waals surface area contributed by atoms with Crippen molar-refractivity contribution in [3.8, 4) is 0 Å². The zero-order chi connectivity index (χ0) is 27.4. The Bertz CT molecular complexity index is 1230. The highest BCUT2D eigenvalue weighted by Crippen LogP contribution is 2.76. The van der Waals surface area contributed by atoms with Crippen LogP contribution in [0.15, 0.2) is 97.1 Å². The van der Waals surface area contributed by atoms with E-state index in [9.17, 15) is 0 Å². The van der Waals surface area contributed by atoms with Crippen LogP contribution >= 0.6 is 16.1 Å². The summed E-state index contributed by atoms with van der Waals surface area (Å²) >= 11 is 0. The van der Waals surface area contributed by atoms with Gasteiger partial charge < -0.3 is 0 Å². The van der Waals surface area contributed by atoms with Gasteiger partial charge in [0.25, 0.3) is 0 Å². The quantitative estimate of drug-likeness (QED) is 0.187. The van der Waals surface area contributed by atoms with Crippen molar-refractivity contribution >= 4 is 26.8 Å². The molecule has 1 fully saturated rings. The zero-order valence-corrected chi connectivity index (χ0v) is 26.1. The molecule has 0 radical (unpaired) electrons. The lowest BCUT2D eigenvalue weighted by Crippen LogP contribution is -2.27. The van der Waals surface area contributed by atoms with Crippen molar-refractivity contribution in [2.75, 3.05) is 6.54 Å². The van der Waals surface area contributed by atoms with Crippen LogP contribution in [0, 0.1) is 27.7 Å². The lowest BCUT2D eigenvalue weighted by molar-refractivity contribution is 0.632. The Kier molecular flexibility index (Phi) is 9.35. The minimum absolute atomic E-state index is 0.474. The maximum absolute atomic E-state index is 3.04. The second-order valence-electron chi connectivity index (χ2n) is 11.3. The molecule has 1 nitrogen and oxygen atoms in total. The molecule has 4 aromatic rings. The number of benzene rings is 4. The molecule has 5 rings (SSSR count). The van der Waals surface area contributed by atoms with Crippen LogP contribution in [-0.2, 0) is 0 Å². The molecule has 1 aliphatic heterocycles. The van der Waals surface area contributed by atoms with Crippen LogP contribution in [0.2, 0.25) is 0 Å². The maximum Gasteiger partial charge on any atom is 0.0318 e. The molecule has 2 atom stereocenters. The van der Waals surface area contributed by atoms with Gasteiger partial charge in [-0.25, -0.2) is 0 Å². The summed E-state index contributed by atoms with van der Waals surface area (Å²) in [7, 11) is -1.11. The van der Waals surface area contributed by atoms with Gasteiger partial charge in [0.1, 0.15) is 0 Å². The minimum Gasteiger partial charge on any atom is -0.251 e. The van der Waals surface area contributed by atoms with E-state index in [1.54, 1.807) is 11.1 Å². The van der Waals surface area contributed by atoms with Gasteiger partial charge in [-0.2, -0.15) is 0 Å². The number of rotatable bonds is 9. The first-order chi connectivity index (χ1) is 18.9. The summed E-state index contributed by atoms with van der Waals surface area (Å²) in [5.74, 6) is 0. The van der Waals surface area contributed by atoms with Gasteiger partial charge in [0.2, 0.25) is 0 Å². The fourth-order valence-electron chi connectivity index (χ4n) is 6.33. The smallest absolute Gasteiger partial charge is 0.0318 e. The Morgan fingerprint density at radius 2 is 1.05 bits per heavy atom. The van der Waals surface area contributed by atoms with E-state index in [0.717, 1.165) is 6.54 Å². The molecular formula is C36H43NP2. The van der Waals surface area contributed by atoms with E-state index in [0.29, 0.717) is 11.3 Å². The van der Waals surface area contributed by atoms with Crippen molar-refractivity contribution in [3.63, 3.8) is 0 Å². The van der Waals surface area contributed by atoms with E-state index in [4.69, 9.17) is 0 Å². The molecule has 0 spiro atoms. The van der Waals surface area contributed by atoms with Crippen LogP contribution in [0.4, 0.5) is 0 Å². The topological polar surface area (TPSA) is 3.24 Å². The molecular weight excluding hydrogens is 508 g/mol. The summed E-state index contributed by atoms with van der Waals surface area (Å²) in [6.07, 6.45) is 4.98. The Morgan fingerprint density at radius 1 is 0.641 bits per heavy atom. The summed E-state index contributed by atoms with van der Waals surface area (Å²) in [4.78, 5) is 0. The normalized spacial score (nSPS) is 19.2. The monoisotopic (exact) mass is 551 g/mol. The molecule has 1 saturated heterocycles. The van der Waals surface area contributed by atoms with Crippen LogP contribution in [-0.4, -0.2) is 11.0 Å². The number of aryl methyl sites for hydroxylation is 4. The van der Waals surface area contributed by atoms with Crippen molar-refractivity contribution in [2.24, 2.45) is 0 Å². The molecule has 0 N–H and O–H groups in total. The van der Waals surface area contributed by atoms with Crippen molar-refractivity contribution in [1.82, 2.24) is 4.44 Å². The molecule has 1 aliphatic rings. The van der Waals surface area contributed by atoms with Gasteiger partial charge >= 0.3 is 0 Å². The summed E-state index contributed by atoms with van der Waals surface area (Å²) < 4.78 is 3.04. The highest BCUT2D eigenvalue weighted by atomic mass is 31.2. The van der Waals surface area contributed by atoms with Crippen LogP contribution in [0.5, 0.6) is 0 Å².